The highest BCUT2D eigenvalue weighted by atomic mass is 127. The van der Waals surface area contributed by atoms with Gasteiger partial charge >= 0.3 is 6.18 Å². The van der Waals surface area contributed by atoms with Gasteiger partial charge in [0, 0.05) is 19.5 Å². The third-order valence-electron chi connectivity index (χ3n) is 4.52. The molecule has 1 aliphatic heterocycles. The zero-order valence-corrected chi connectivity index (χ0v) is 16.1. The smallest absolute Gasteiger partial charge is 0.328 e. The molecule has 0 spiro atoms. The van der Waals surface area contributed by atoms with E-state index in [2.05, 4.69) is 37.5 Å². The number of hydrogen-bond donors (Lipinski definition) is 1. The topological polar surface area (TPSA) is 29.9 Å². The largest absolute Gasteiger partial charge is 0.422 e. The van der Waals surface area contributed by atoms with Crippen molar-refractivity contribution in [2.45, 2.75) is 44.9 Å². The van der Waals surface area contributed by atoms with Gasteiger partial charge in [-0.1, -0.05) is 6.92 Å². The number of imidazole rings is 1. The Bertz CT molecular complexity index is 792. The molecule has 0 saturated carbocycles. The first-order valence-corrected chi connectivity index (χ1v) is 9.33. The zero-order chi connectivity index (χ0) is 19.1. The molecule has 3 rings (SSSR count). The standard InChI is InChI=1S/C17H17F5IN3/c1-2-13-25-16(23)15-12(24-5-6-26(13)15)4-3-9-7-10(18)14(11(19)8-9)17(20,21)22/h7-8,12,24H,2-6H2,1H3. The Morgan fingerprint density at radius 3 is 2.50 bits per heavy atom. The second-order valence-electron chi connectivity index (χ2n) is 6.19. The van der Waals surface area contributed by atoms with Crippen LogP contribution in [0.2, 0.25) is 0 Å². The van der Waals surface area contributed by atoms with E-state index in [1.165, 1.54) is 0 Å². The van der Waals surface area contributed by atoms with E-state index in [1.807, 2.05) is 6.92 Å². The molecule has 3 nitrogen and oxygen atoms in total. The number of nitrogens with zero attached hydrogens (tertiary/aromatic N) is 2. The van der Waals surface area contributed by atoms with Crippen LogP contribution in [0.4, 0.5) is 22.0 Å². The van der Waals surface area contributed by atoms with E-state index in [9.17, 15) is 22.0 Å². The van der Waals surface area contributed by atoms with Gasteiger partial charge in [0.1, 0.15) is 26.7 Å². The van der Waals surface area contributed by atoms with Gasteiger partial charge in [-0.25, -0.2) is 13.8 Å². The Kier molecular flexibility index (Phi) is 5.57. The molecule has 0 amide bonds. The summed E-state index contributed by atoms with van der Waals surface area (Å²) in [4.78, 5) is 4.55. The highest BCUT2D eigenvalue weighted by Crippen LogP contribution is 2.35. The maximum atomic E-state index is 13.7. The zero-order valence-electron chi connectivity index (χ0n) is 13.9. The van der Waals surface area contributed by atoms with E-state index in [0.717, 1.165) is 46.9 Å². The van der Waals surface area contributed by atoms with Gasteiger partial charge in [0.05, 0.1) is 11.7 Å². The van der Waals surface area contributed by atoms with Gasteiger partial charge in [0.25, 0.3) is 0 Å². The van der Waals surface area contributed by atoms with Crippen molar-refractivity contribution in [3.8, 4) is 0 Å². The van der Waals surface area contributed by atoms with E-state index < -0.39 is 23.4 Å². The van der Waals surface area contributed by atoms with Crippen LogP contribution in [0, 0.1) is 15.3 Å². The summed E-state index contributed by atoms with van der Waals surface area (Å²) < 4.78 is 68.5. The lowest BCUT2D eigenvalue weighted by Gasteiger charge is -2.27. The molecule has 1 aromatic heterocycles. The molecule has 2 aromatic rings. The van der Waals surface area contributed by atoms with E-state index in [1.54, 1.807) is 0 Å². The Morgan fingerprint density at radius 1 is 1.27 bits per heavy atom. The summed E-state index contributed by atoms with van der Waals surface area (Å²) in [6.07, 6.45) is -3.48. The summed E-state index contributed by atoms with van der Waals surface area (Å²) in [6.45, 7) is 3.57. The van der Waals surface area contributed by atoms with E-state index >= 15 is 0 Å². The summed E-state index contributed by atoms with van der Waals surface area (Å²) in [5.41, 5.74) is -0.601. The quantitative estimate of drug-likeness (QED) is 0.506. The number of fused-ring (bicyclic) bond motifs is 1. The summed E-state index contributed by atoms with van der Waals surface area (Å²) >= 11 is 2.16. The van der Waals surface area contributed by atoms with Gasteiger partial charge in [0.15, 0.2) is 0 Å². The fraction of sp³-hybridized carbons (Fsp3) is 0.471. The number of aryl methyl sites for hydroxylation is 2. The van der Waals surface area contributed by atoms with Crippen molar-refractivity contribution in [1.29, 1.82) is 0 Å². The molecule has 142 valence electrons. The third kappa shape index (κ3) is 3.73. The second-order valence-corrected chi connectivity index (χ2v) is 7.21. The van der Waals surface area contributed by atoms with Gasteiger partial charge in [-0.2, -0.15) is 13.2 Å². The number of benzene rings is 1. The molecule has 0 fully saturated rings. The SMILES string of the molecule is CCc1nc(I)c2n1CCNC2CCc1cc(F)c(C(F)(F)F)c(F)c1. The van der Waals surface area contributed by atoms with Crippen LogP contribution in [-0.2, 0) is 25.6 Å². The average Bonchev–Trinajstić information content (AvgIpc) is 2.88. The first-order valence-electron chi connectivity index (χ1n) is 8.25. The third-order valence-corrected chi connectivity index (χ3v) is 5.31. The Morgan fingerprint density at radius 2 is 1.92 bits per heavy atom. The number of halogens is 6. The Hall–Kier alpha value is -1.23. The number of rotatable bonds is 4. The minimum atomic E-state index is -5.04. The van der Waals surface area contributed by atoms with Crippen molar-refractivity contribution in [3.05, 3.63) is 50.1 Å². The predicted molar refractivity (Wildman–Crippen MR) is 94.7 cm³/mol. The average molecular weight is 485 g/mol. The minimum absolute atomic E-state index is 0.0585. The predicted octanol–water partition coefficient (Wildman–Crippen LogP) is 4.62. The van der Waals surface area contributed by atoms with E-state index in [-0.39, 0.29) is 18.0 Å². The molecule has 0 radical (unpaired) electrons. The van der Waals surface area contributed by atoms with E-state index in [4.69, 9.17) is 0 Å². The molecule has 0 bridgehead atoms. The summed E-state index contributed by atoms with van der Waals surface area (Å²) in [6, 6.07) is 1.49. The monoisotopic (exact) mass is 485 g/mol. The molecule has 2 heterocycles. The highest BCUT2D eigenvalue weighted by Gasteiger charge is 2.38. The van der Waals surface area contributed by atoms with Crippen molar-refractivity contribution in [3.63, 3.8) is 0 Å². The Labute approximate surface area is 161 Å². The van der Waals surface area contributed by atoms with Crippen LogP contribution in [0.25, 0.3) is 0 Å². The summed E-state index contributed by atoms with van der Waals surface area (Å²) in [5, 5.41) is 3.36. The van der Waals surface area contributed by atoms with Crippen molar-refractivity contribution < 1.29 is 22.0 Å². The normalized spacial score (nSPS) is 17.4. The molecule has 1 unspecified atom stereocenters. The molecule has 0 aliphatic carbocycles. The molecular weight excluding hydrogens is 468 g/mol. The van der Waals surface area contributed by atoms with Gasteiger partial charge in [0.2, 0.25) is 0 Å². The lowest BCUT2D eigenvalue weighted by molar-refractivity contribution is -0.142. The van der Waals surface area contributed by atoms with E-state index in [0.29, 0.717) is 6.42 Å². The molecule has 9 heteroatoms. The van der Waals surface area contributed by atoms with Gasteiger partial charge in [-0.15, -0.1) is 0 Å². The fourth-order valence-electron chi connectivity index (χ4n) is 3.37. The van der Waals surface area contributed by atoms with Crippen molar-refractivity contribution in [1.82, 2.24) is 14.9 Å². The lowest BCUT2D eigenvalue weighted by atomic mass is 10.00. The molecular formula is C17H17F5IN3. The van der Waals surface area contributed by atoms with Crippen LogP contribution in [0.3, 0.4) is 0 Å². The molecule has 1 N–H and O–H groups in total. The number of hydrogen-bond acceptors (Lipinski definition) is 2. The van der Waals surface area contributed by atoms with Crippen LogP contribution in [-0.4, -0.2) is 16.1 Å². The first-order chi connectivity index (χ1) is 12.2. The first kappa shape index (κ1) is 19.5. The van der Waals surface area contributed by atoms with Crippen molar-refractivity contribution in [2.24, 2.45) is 0 Å². The van der Waals surface area contributed by atoms with Crippen molar-refractivity contribution in [2.75, 3.05) is 6.54 Å². The molecule has 1 aromatic carbocycles. The summed E-state index contributed by atoms with van der Waals surface area (Å²) in [7, 11) is 0. The molecule has 1 aliphatic rings. The van der Waals surface area contributed by atoms with Crippen LogP contribution in [0.1, 0.15) is 42.0 Å². The van der Waals surface area contributed by atoms with Gasteiger partial charge < -0.3 is 9.88 Å². The number of nitrogens with one attached hydrogen (secondary N) is 1. The van der Waals surface area contributed by atoms with Crippen molar-refractivity contribution >= 4 is 22.6 Å². The molecule has 26 heavy (non-hydrogen) atoms. The fourth-order valence-corrected chi connectivity index (χ4v) is 4.32. The maximum Gasteiger partial charge on any atom is 0.422 e. The second kappa shape index (κ2) is 7.41. The van der Waals surface area contributed by atoms with Crippen LogP contribution < -0.4 is 5.32 Å². The minimum Gasteiger partial charge on any atom is -0.328 e. The molecule has 0 saturated heterocycles. The summed E-state index contributed by atoms with van der Waals surface area (Å²) in [5.74, 6) is -2.16. The van der Waals surface area contributed by atoms with Gasteiger partial charge in [-0.05, 0) is 53.1 Å². The Balaban J connectivity index is 1.80. The lowest BCUT2D eigenvalue weighted by Crippen LogP contribution is -2.34. The number of alkyl halides is 3. The van der Waals surface area contributed by atoms with Crippen LogP contribution >= 0.6 is 22.6 Å². The van der Waals surface area contributed by atoms with Gasteiger partial charge in [-0.3, -0.25) is 0 Å². The maximum absolute atomic E-state index is 13.7. The highest BCUT2D eigenvalue weighted by molar-refractivity contribution is 14.1. The number of aromatic nitrogens is 2. The molecule has 1 atom stereocenters. The van der Waals surface area contributed by atoms with Crippen LogP contribution in [0.5, 0.6) is 0 Å². The van der Waals surface area contributed by atoms with Crippen LogP contribution in [0.15, 0.2) is 12.1 Å².